The molecule has 1 aromatic heterocycles. The SMILES string of the molecule is CN=C(NCCc1ccsc1)N1CCN(C(=O)Cc2cccc(Cl)c2)CC1.I. The first-order chi connectivity index (χ1) is 13.2. The van der Waals surface area contributed by atoms with E-state index in [0.29, 0.717) is 24.5 Å². The van der Waals surface area contributed by atoms with Crippen molar-refractivity contribution >= 4 is 58.8 Å². The minimum atomic E-state index is 0. The molecule has 0 aliphatic carbocycles. The lowest BCUT2D eigenvalue weighted by Gasteiger charge is -2.36. The van der Waals surface area contributed by atoms with Gasteiger partial charge in [-0.1, -0.05) is 23.7 Å². The maximum Gasteiger partial charge on any atom is 0.227 e. The molecule has 1 saturated heterocycles. The van der Waals surface area contributed by atoms with Crippen LogP contribution < -0.4 is 5.32 Å². The van der Waals surface area contributed by atoms with Crippen LogP contribution in [0.15, 0.2) is 46.1 Å². The van der Waals surface area contributed by atoms with Gasteiger partial charge in [0.15, 0.2) is 5.96 Å². The second-order valence-electron chi connectivity index (χ2n) is 6.53. The Kier molecular flexibility index (Phi) is 9.53. The number of carbonyl (C=O) groups excluding carboxylic acids is 1. The molecule has 0 atom stereocenters. The van der Waals surface area contributed by atoms with Crippen LogP contribution in [-0.2, 0) is 17.6 Å². The van der Waals surface area contributed by atoms with E-state index in [1.165, 1.54) is 5.56 Å². The summed E-state index contributed by atoms with van der Waals surface area (Å²) in [6.45, 7) is 3.87. The number of aliphatic imine (C=N–C) groups is 1. The van der Waals surface area contributed by atoms with Crippen LogP contribution in [0.2, 0.25) is 5.02 Å². The summed E-state index contributed by atoms with van der Waals surface area (Å²) in [5.74, 6) is 1.06. The van der Waals surface area contributed by atoms with E-state index in [-0.39, 0.29) is 29.9 Å². The van der Waals surface area contributed by atoms with Gasteiger partial charge in [0, 0.05) is 44.8 Å². The largest absolute Gasteiger partial charge is 0.356 e. The van der Waals surface area contributed by atoms with Crippen LogP contribution in [0.1, 0.15) is 11.1 Å². The minimum absolute atomic E-state index is 0. The summed E-state index contributed by atoms with van der Waals surface area (Å²) < 4.78 is 0. The van der Waals surface area contributed by atoms with E-state index in [0.717, 1.165) is 37.6 Å². The molecule has 1 aliphatic heterocycles. The highest BCUT2D eigenvalue weighted by Gasteiger charge is 2.23. The predicted octanol–water partition coefficient (Wildman–Crippen LogP) is 3.52. The van der Waals surface area contributed by atoms with Gasteiger partial charge in [0.05, 0.1) is 6.42 Å². The Balaban J connectivity index is 0.00000280. The highest BCUT2D eigenvalue weighted by molar-refractivity contribution is 14.0. The van der Waals surface area contributed by atoms with Crippen molar-refractivity contribution in [3.05, 3.63) is 57.2 Å². The molecule has 2 aromatic rings. The Hall–Kier alpha value is -1.32. The molecule has 0 spiro atoms. The summed E-state index contributed by atoms with van der Waals surface area (Å²) >= 11 is 7.73. The average Bonchev–Trinajstić information content (AvgIpc) is 3.19. The Morgan fingerprint density at radius 1 is 1.18 bits per heavy atom. The standard InChI is InChI=1S/C20H25ClN4OS.HI/c1-22-20(23-7-5-16-6-12-27-15-16)25-10-8-24(9-11-25)19(26)14-17-3-2-4-18(21)13-17;/h2-4,6,12-13,15H,5,7-11,14H2,1H3,(H,22,23);1H. The number of guanidine groups is 1. The molecule has 1 fully saturated rings. The van der Waals surface area contributed by atoms with Crippen molar-refractivity contribution in [3.63, 3.8) is 0 Å². The lowest BCUT2D eigenvalue weighted by molar-refractivity contribution is -0.131. The van der Waals surface area contributed by atoms with Crippen LogP contribution >= 0.6 is 46.9 Å². The van der Waals surface area contributed by atoms with Gasteiger partial charge in [-0.3, -0.25) is 9.79 Å². The summed E-state index contributed by atoms with van der Waals surface area (Å²) in [4.78, 5) is 21.1. The molecule has 1 N–H and O–H groups in total. The van der Waals surface area contributed by atoms with E-state index < -0.39 is 0 Å². The first-order valence-corrected chi connectivity index (χ1v) is 10.5. The van der Waals surface area contributed by atoms with Gasteiger partial charge in [0.1, 0.15) is 0 Å². The maximum atomic E-state index is 12.5. The van der Waals surface area contributed by atoms with Crippen molar-refractivity contribution in [1.82, 2.24) is 15.1 Å². The van der Waals surface area contributed by atoms with Crippen molar-refractivity contribution < 1.29 is 4.79 Å². The van der Waals surface area contributed by atoms with Crippen molar-refractivity contribution in [2.24, 2.45) is 4.99 Å². The zero-order valence-corrected chi connectivity index (χ0v) is 19.8. The van der Waals surface area contributed by atoms with Crippen LogP contribution in [0.5, 0.6) is 0 Å². The third kappa shape index (κ3) is 6.63. The molecule has 1 aromatic carbocycles. The smallest absolute Gasteiger partial charge is 0.227 e. The molecule has 3 rings (SSSR count). The number of hydrogen-bond acceptors (Lipinski definition) is 3. The Labute approximate surface area is 192 Å². The van der Waals surface area contributed by atoms with E-state index in [9.17, 15) is 4.79 Å². The molecule has 8 heteroatoms. The fourth-order valence-corrected chi connectivity index (χ4v) is 4.10. The molecular formula is C20H26ClIN4OS. The van der Waals surface area contributed by atoms with E-state index in [2.05, 4.69) is 32.0 Å². The summed E-state index contributed by atoms with van der Waals surface area (Å²) in [7, 11) is 1.81. The number of thiophene rings is 1. The molecule has 0 saturated carbocycles. The molecule has 5 nitrogen and oxygen atoms in total. The molecule has 1 aliphatic rings. The fourth-order valence-electron chi connectivity index (χ4n) is 3.19. The van der Waals surface area contributed by atoms with Gasteiger partial charge in [-0.05, 0) is 46.5 Å². The number of rotatable bonds is 5. The number of benzene rings is 1. The Bertz CT molecular complexity index is 776. The summed E-state index contributed by atoms with van der Waals surface area (Å²) in [5, 5.41) is 8.38. The molecule has 0 radical (unpaired) electrons. The van der Waals surface area contributed by atoms with Crippen LogP contribution in [0.25, 0.3) is 0 Å². The zero-order valence-electron chi connectivity index (χ0n) is 15.9. The van der Waals surface area contributed by atoms with Crippen LogP contribution in [0, 0.1) is 0 Å². The monoisotopic (exact) mass is 532 g/mol. The lowest BCUT2D eigenvalue weighted by atomic mass is 10.1. The highest BCUT2D eigenvalue weighted by Crippen LogP contribution is 2.13. The molecule has 1 amide bonds. The lowest BCUT2D eigenvalue weighted by Crippen LogP contribution is -2.54. The highest BCUT2D eigenvalue weighted by atomic mass is 127. The average molecular weight is 533 g/mol. The number of amides is 1. The number of nitrogens with one attached hydrogen (secondary N) is 1. The molecular weight excluding hydrogens is 507 g/mol. The van der Waals surface area contributed by atoms with Gasteiger partial charge in [-0.2, -0.15) is 11.3 Å². The third-order valence-corrected chi connectivity index (χ3v) is 5.63. The van der Waals surface area contributed by atoms with Crippen molar-refractivity contribution in [1.29, 1.82) is 0 Å². The third-order valence-electron chi connectivity index (χ3n) is 4.66. The quantitative estimate of drug-likeness (QED) is 0.364. The zero-order chi connectivity index (χ0) is 19.1. The van der Waals surface area contributed by atoms with Crippen molar-refractivity contribution in [3.8, 4) is 0 Å². The fraction of sp³-hybridized carbons (Fsp3) is 0.400. The summed E-state index contributed by atoms with van der Waals surface area (Å²) in [6, 6.07) is 9.66. The number of carbonyl (C=O) groups is 1. The second-order valence-corrected chi connectivity index (χ2v) is 7.75. The van der Waals surface area contributed by atoms with Gasteiger partial charge in [-0.15, -0.1) is 24.0 Å². The Morgan fingerprint density at radius 3 is 2.57 bits per heavy atom. The van der Waals surface area contributed by atoms with Crippen LogP contribution in [0.4, 0.5) is 0 Å². The first-order valence-electron chi connectivity index (χ1n) is 9.14. The molecule has 152 valence electrons. The number of halogens is 2. The van der Waals surface area contributed by atoms with Gasteiger partial charge < -0.3 is 15.1 Å². The van der Waals surface area contributed by atoms with E-state index in [1.807, 2.05) is 36.2 Å². The molecule has 0 bridgehead atoms. The predicted molar refractivity (Wildman–Crippen MR) is 128 cm³/mol. The van der Waals surface area contributed by atoms with Gasteiger partial charge in [0.2, 0.25) is 5.91 Å². The normalized spacial score (nSPS) is 14.6. The van der Waals surface area contributed by atoms with E-state index in [1.54, 1.807) is 11.3 Å². The minimum Gasteiger partial charge on any atom is -0.356 e. The summed E-state index contributed by atoms with van der Waals surface area (Å²) in [5.41, 5.74) is 2.31. The van der Waals surface area contributed by atoms with Crippen LogP contribution in [0.3, 0.4) is 0 Å². The topological polar surface area (TPSA) is 47.9 Å². The summed E-state index contributed by atoms with van der Waals surface area (Å²) in [6.07, 6.45) is 1.38. The number of nitrogens with zero attached hydrogens (tertiary/aromatic N) is 3. The van der Waals surface area contributed by atoms with Crippen molar-refractivity contribution in [2.75, 3.05) is 39.8 Å². The van der Waals surface area contributed by atoms with E-state index >= 15 is 0 Å². The molecule has 0 unspecified atom stereocenters. The maximum absolute atomic E-state index is 12.5. The second kappa shape index (κ2) is 11.6. The van der Waals surface area contributed by atoms with E-state index in [4.69, 9.17) is 11.6 Å². The number of piperazine rings is 1. The number of hydrogen-bond donors (Lipinski definition) is 1. The van der Waals surface area contributed by atoms with Crippen molar-refractivity contribution in [2.45, 2.75) is 12.8 Å². The van der Waals surface area contributed by atoms with Gasteiger partial charge in [0.25, 0.3) is 0 Å². The van der Waals surface area contributed by atoms with Gasteiger partial charge >= 0.3 is 0 Å². The Morgan fingerprint density at radius 2 is 1.93 bits per heavy atom. The van der Waals surface area contributed by atoms with Crippen LogP contribution in [-0.4, -0.2) is 61.4 Å². The first kappa shape index (κ1) is 23.0. The molecule has 2 heterocycles. The van der Waals surface area contributed by atoms with Gasteiger partial charge in [-0.25, -0.2) is 0 Å². The molecule has 28 heavy (non-hydrogen) atoms.